The number of nitrogens with zero attached hydrogens (tertiary/aromatic N) is 1. The van der Waals surface area contributed by atoms with Crippen molar-refractivity contribution in [2.45, 2.75) is 13.0 Å². The number of rotatable bonds is 5. The van der Waals surface area contributed by atoms with Crippen LogP contribution < -0.4 is 4.90 Å². The van der Waals surface area contributed by atoms with E-state index in [0.717, 1.165) is 21.2 Å². The summed E-state index contributed by atoms with van der Waals surface area (Å²) in [7, 11) is 0. The number of aliphatic hydroxyl groups is 1. The maximum atomic E-state index is 13.2. The second-order valence-electron chi connectivity index (χ2n) is 7.29. The first-order valence-corrected chi connectivity index (χ1v) is 10.6. The topological polar surface area (TPSA) is 57.6 Å². The van der Waals surface area contributed by atoms with Crippen molar-refractivity contribution >= 4 is 39.4 Å². The molecule has 3 aromatic rings. The van der Waals surface area contributed by atoms with Crippen molar-refractivity contribution < 1.29 is 14.7 Å². The third-order valence-electron chi connectivity index (χ3n) is 5.26. The van der Waals surface area contributed by atoms with Gasteiger partial charge in [0.25, 0.3) is 5.91 Å². The molecule has 0 aliphatic carbocycles. The molecule has 0 radical (unpaired) electrons. The van der Waals surface area contributed by atoms with Crippen LogP contribution in [0.4, 0.5) is 5.69 Å². The number of hydrogen-bond donors (Lipinski definition) is 1. The average molecular weight is 474 g/mol. The Morgan fingerprint density at radius 2 is 1.61 bits per heavy atom. The van der Waals surface area contributed by atoms with E-state index in [4.69, 9.17) is 0 Å². The number of amides is 1. The lowest BCUT2D eigenvalue weighted by molar-refractivity contribution is -0.117. The summed E-state index contributed by atoms with van der Waals surface area (Å²) in [5.74, 6) is -1.50. The normalized spacial score (nSPS) is 16.4. The summed E-state index contributed by atoms with van der Waals surface area (Å²) in [5.41, 5.74) is 3.19. The van der Waals surface area contributed by atoms with Crippen molar-refractivity contribution in [2.75, 3.05) is 4.90 Å². The van der Waals surface area contributed by atoms with Crippen molar-refractivity contribution in [3.05, 3.63) is 117 Å². The fourth-order valence-corrected chi connectivity index (χ4v) is 3.99. The quantitative estimate of drug-likeness (QED) is 0.466. The fraction of sp³-hybridized carbons (Fsp3) is 0.0769. The molecule has 0 unspecified atom stereocenters. The third-order valence-corrected chi connectivity index (χ3v) is 5.79. The lowest BCUT2D eigenvalue weighted by Gasteiger charge is -2.28. The van der Waals surface area contributed by atoms with Crippen molar-refractivity contribution in [2.24, 2.45) is 0 Å². The second-order valence-corrected chi connectivity index (χ2v) is 8.20. The van der Waals surface area contributed by atoms with Crippen molar-refractivity contribution in [3.63, 3.8) is 0 Å². The third kappa shape index (κ3) is 4.09. The van der Waals surface area contributed by atoms with Crippen LogP contribution in [0.3, 0.4) is 0 Å². The molecule has 1 atom stereocenters. The first-order valence-electron chi connectivity index (χ1n) is 9.82. The van der Waals surface area contributed by atoms with Crippen molar-refractivity contribution in [1.82, 2.24) is 0 Å². The number of aliphatic hydroxyl groups excluding tert-OH is 1. The van der Waals surface area contributed by atoms with E-state index in [1.54, 1.807) is 6.08 Å². The van der Waals surface area contributed by atoms with Gasteiger partial charge in [-0.05, 0) is 47.9 Å². The van der Waals surface area contributed by atoms with Gasteiger partial charge in [0, 0.05) is 10.2 Å². The van der Waals surface area contributed by atoms with E-state index in [-0.39, 0.29) is 5.57 Å². The molecular weight excluding hydrogens is 454 g/mol. The summed E-state index contributed by atoms with van der Waals surface area (Å²) in [6.07, 6.45) is 3.09. The van der Waals surface area contributed by atoms with E-state index < -0.39 is 23.5 Å². The van der Waals surface area contributed by atoms with Crippen LogP contribution in [0.15, 0.2) is 101 Å². The van der Waals surface area contributed by atoms with Crippen LogP contribution in [0.1, 0.15) is 22.7 Å². The molecular formula is C26H20BrNO3. The Morgan fingerprint density at radius 1 is 0.968 bits per heavy atom. The number of carbonyl (C=O) groups is 2. The first-order chi connectivity index (χ1) is 15.0. The average Bonchev–Trinajstić information content (AvgIpc) is 3.04. The zero-order valence-corrected chi connectivity index (χ0v) is 18.4. The summed E-state index contributed by atoms with van der Waals surface area (Å²) in [6.45, 7) is 1.90. The smallest absolute Gasteiger partial charge is 0.294 e. The number of benzene rings is 3. The van der Waals surface area contributed by atoms with Gasteiger partial charge in [-0.2, -0.15) is 0 Å². The molecule has 0 saturated heterocycles. The predicted octanol–water partition coefficient (Wildman–Crippen LogP) is 5.94. The molecule has 0 aromatic heterocycles. The number of allylic oxidation sites excluding steroid dienone is 1. The minimum Gasteiger partial charge on any atom is -0.503 e. The van der Waals surface area contributed by atoms with Gasteiger partial charge in [-0.1, -0.05) is 82.7 Å². The van der Waals surface area contributed by atoms with Crippen molar-refractivity contribution in [3.8, 4) is 0 Å². The molecule has 1 aliphatic heterocycles. The molecule has 0 fully saturated rings. The number of aryl methyl sites for hydroxylation is 1. The molecule has 5 heteroatoms. The molecule has 0 bridgehead atoms. The van der Waals surface area contributed by atoms with E-state index in [0.29, 0.717) is 5.69 Å². The van der Waals surface area contributed by atoms with E-state index in [1.165, 1.54) is 11.0 Å². The van der Waals surface area contributed by atoms with E-state index in [9.17, 15) is 14.7 Å². The Balaban J connectivity index is 1.81. The van der Waals surface area contributed by atoms with Gasteiger partial charge in [0.15, 0.2) is 11.5 Å². The Labute approximate surface area is 189 Å². The van der Waals surface area contributed by atoms with Crippen LogP contribution in [0, 0.1) is 6.92 Å². The van der Waals surface area contributed by atoms with Gasteiger partial charge in [-0.25, -0.2) is 0 Å². The van der Waals surface area contributed by atoms with E-state index in [1.807, 2.05) is 85.8 Å². The predicted molar refractivity (Wildman–Crippen MR) is 126 cm³/mol. The Kier molecular flexibility index (Phi) is 5.87. The number of para-hydroxylation sites is 1. The molecule has 3 aromatic carbocycles. The largest absolute Gasteiger partial charge is 0.503 e. The maximum absolute atomic E-state index is 13.2. The van der Waals surface area contributed by atoms with Crippen LogP contribution in [-0.2, 0) is 9.59 Å². The zero-order chi connectivity index (χ0) is 22.0. The van der Waals surface area contributed by atoms with E-state index >= 15 is 0 Å². The first kappa shape index (κ1) is 20.8. The fourth-order valence-electron chi connectivity index (χ4n) is 3.73. The van der Waals surface area contributed by atoms with Gasteiger partial charge in [0.05, 0.1) is 11.6 Å². The van der Waals surface area contributed by atoms with Gasteiger partial charge < -0.3 is 5.11 Å². The molecule has 0 saturated carbocycles. The van der Waals surface area contributed by atoms with Crippen LogP contribution in [0.2, 0.25) is 0 Å². The van der Waals surface area contributed by atoms with Crippen LogP contribution in [-0.4, -0.2) is 16.8 Å². The molecule has 1 heterocycles. The van der Waals surface area contributed by atoms with Gasteiger partial charge in [-0.3, -0.25) is 14.5 Å². The standard InChI is InChI=1S/C26H20BrNO3/c1-17-7-5-6-10-21(17)28-24(19-12-14-20(27)15-13-19)23(25(30)26(28)31)22(29)16-11-18-8-3-2-4-9-18/h2-16,24,30H,1H3/b16-11+/t24-/m0/s1. The number of halogens is 1. The lowest BCUT2D eigenvalue weighted by atomic mass is 9.95. The molecule has 4 nitrogen and oxygen atoms in total. The Bertz CT molecular complexity index is 1200. The van der Waals surface area contributed by atoms with Crippen molar-refractivity contribution in [1.29, 1.82) is 0 Å². The van der Waals surface area contributed by atoms with Gasteiger partial charge in [-0.15, -0.1) is 0 Å². The number of ketones is 1. The van der Waals surface area contributed by atoms with E-state index in [2.05, 4.69) is 15.9 Å². The molecule has 1 N–H and O–H groups in total. The van der Waals surface area contributed by atoms with Crippen LogP contribution in [0.5, 0.6) is 0 Å². The van der Waals surface area contributed by atoms with Crippen LogP contribution >= 0.6 is 15.9 Å². The summed E-state index contributed by atoms with van der Waals surface area (Å²) >= 11 is 3.42. The summed E-state index contributed by atoms with van der Waals surface area (Å²) in [5, 5.41) is 10.8. The highest BCUT2D eigenvalue weighted by atomic mass is 79.9. The van der Waals surface area contributed by atoms with Crippen LogP contribution in [0.25, 0.3) is 6.08 Å². The van der Waals surface area contributed by atoms with Gasteiger partial charge in [0.1, 0.15) is 0 Å². The molecule has 1 amide bonds. The van der Waals surface area contributed by atoms with Gasteiger partial charge in [0.2, 0.25) is 0 Å². The molecule has 31 heavy (non-hydrogen) atoms. The highest BCUT2D eigenvalue weighted by Gasteiger charge is 2.44. The minimum absolute atomic E-state index is 0.0720. The minimum atomic E-state index is -0.727. The molecule has 154 valence electrons. The highest BCUT2D eigenvalue weighted by Crippen LogP contribution is 2.42. The molecule has 4 rings (SSSR count). The monoisotopic (exact) mass is 473 g/mol. The molecule has 1 aliphatic rings. The Hall–Kier alpha value is -3.44. The second kappa shape index (κ2) is 8.74. The number of carbonyl (C=O) groups excluding carboxylic acids is 2. The highest BCUT2D eigenvalue weighted by molar-refractivity contribution is 9.10. The SMILES string of the molecule is Cc1ccccc1N1C(=O)C(O)=C(C(=O)/C=C/c2ccccc2)[C@@H]1c1ccc(Br)cc1. The summed E-state index contributed by atoms with van der Waals surface area (Å²) in [6, 6.07) is 23.5. The zero-order valence-electron chi connectivity index (χ0n) is 16.8. The Morgan fingerprint density at radius 3 is 2.29 bits per heavy atom. The summed E-state index contributed by atoms with van der Waals surface area (Å²) < 4.78 is 0.882. The lowest BCUT2D eigenvalue weighted by Crippen LogP contribution is -2.31. The molecule has 0 spiro atoms. The summed E-state index contributed by atoms with van der Waals surface area (Å²) in [4.78, 5) is 27.8. The number of hydrogen-bond acceptors (Lipinski definition) is 3. The maximum Gasteiger partial charge on any atom is 0.294 e. The number of anilines is 1. The van der Waals surface area contributed by atoms with Gasteiger partial charge >= 0.3 is 0 Å².